The van der Waals surface area contributed by atoms with E-state index in [-0.39, 0.29) is 29.8 Å². The molecule has 136 valence electrons. The fraction of sp³-hybridized carbons (Fsp3) is 0.333. The zero-order chi connectivity index (χ0) is 18.7. The third-order valence-electron chi connectivity index (χ3n) is 4.55. The monoisotopic (exact) mass is 374 g/mol. The van der Waals surface area contributed by atoms with E-state index in [0.29, 0.717) is 42.2 Å². The average molecular weight is 375 g/mol. The molecule has 2 heterocycles. The molecule has 3 rings (SSSR count). The maximum Gasteiger partial charge on any atom is 0.267 e. The number of piperidine rings is 1. The van der Waals surface area contributed by atoms with Crippen LogP contribution in [0.5, 0.6) is 0 Å². The minimum Gasteiger partial charge on any atom is -0.369 e. The quantitative estimate of drug-likeness (QED) is 0.871. The van der Waals surface area contributed by atoms with Crippen LogP contribution in [-0.2, 0) is 16.1 Å². The number of carbonyl (C=O) groups is 2. The molecule has 2 aromatic rings. The van der Waals surface area contributed by atoms with Crippen molar-refractivity contribution in [2.75, 3.05) is 13.1 Å². The van der Waals surface area contributed by atoms with Crippen LogP contribution in [0.25, 0.3) is 11.3 Å². The van der Waals surface area contributed by atoms with Gasteiger partial charge in [0.25, 0.3) is 5.56 Å². The standard InChI is InChI=1S/C18H19ClN4O3/c19-14-4-2-1-3-13(14)15-5-6-16(24)23(21-15)11-17(25)22-9-7-12(8-10-22)18(20)26/h1-6,12H,7-11H2,(H2,20,26). The number of rotatable bonds is 4. The highest BCUT2D eigenvalue weighted by atomic mass is 35.5. The van der Waals surface area contributed by atoms with E-state index in [0.717, 1.165) is 4.68 Å². The molecule has 1 aliphatic rings. The molecule has 0 spiro atoms. The Bertz CT molecular complexity index is 888. The Balaban J connectivity index is 1.75. The average Bonchev–Trinajstić information content (AvgIpc) is 2.64. The van der Waals surface area contributed by atoms with Crippen LogP contribution in [0.4, 0.5) is 0 Å². The minimum absolute atomic E-state index is 0.154. The second-order valence-corrected chi connectivity index (χ2v) is 6.66. The van der Waals surface area contributed by atoms with Gasteiger partial charge in [0, 0.05) is 30.6 Å². The van der Waals surface area contributed by atoms with E-state index in [9.17, 15) is 14.4 Å². The molecule has 1 fully saturated rings. The third-order valence-corrected chi connectivity index (χ3v) is 4.88. The lowest BCUT2D eigenvalue weighted by atomic mass is 9.96. The molecule has 1 aliphatic heterocycles. The van der Waals surface area contributed by atoms with Crippen molar-refractivity contribution in [3.63, 3.8) is 0 Å². The van der Waals surface area contributed by atoms with Crippen molar-refractivity contribution in [2.45, 2.75) is 19.4 Å². The molecule has 2 amide bonds. The van der Waals surface area contributed by atoms with Gasteiger partial charge in [-0.25, -0.2) is 4.68 Å². The zero-order valence-electron chi connectivity index (χ0n) is 14.1. The van der Waals surface area contributed by atoms with Gasteiger partial charge in [0.15, 0.2) is 0 Å². The minimum atomic E-state index is -0.360. The number of aromatic nitrogens is 2. The van der Waals surface area contributed by atoms with Crippen LogP contribution in [0.15, 0.2) is 41.2 Å². The first-order valence-corrected chi connectivity index (χ1v) is 8.73. The van der Waals surface area contributed by atoms with E-state index < -0.39 is 0 Å². The largest absolute Gasteiger partial charge is 0.369 e. The van der Waals surface area contributed by atoms with E-state index in [1.54, 1.807) is 29.2 Å². The van der Waals surface area contributed by atoms with Crippen molar-refractivity contribution >= 4 is 23.4 Å². The highest BCUT2D eigenvalue weighted by Gasteiger charge is 2.26. The summed E-state index contributed by atoms with van der Waals surface area (Å²) >= 11 is 6.18. The van der Waals surface area contributed by atoms with Gasteiger partial charge in [-0.3, -0.25) is 14.4 Å². The molecule has 1 aromatic heterocycles. The number of carbonyl (C=O) groups excluding carboxylic acids is 2. The first kappa shape index (κ1) is 18.1. The molecular formula is C18H19ClN4O3. The predicted molar refractivity (Wildman–Crippen MR) is 97.4 cm³/mol. The summed E-state index contributed by atoms with van der Waals surface area (Å²) in [7, 11) is 0. The van der Waals surface area contributed by atoms with Gasteiger partial charge in [0.2, 0.25) is 11.8 Å². The molecule has 1 saturated heterocycles. The maximum absolute atomic E-state index is 12.5. The number of nitrogens with two attached hydrogens (primary N) is 1. The summed E-state index contributed by atoms with van der Waals surface area (Å²) in [6.45, 7) is 0.745. The molecule has 0 bridgehead atoms. The first-order chi connectivity index (χ1) is 12.5. The van der Waals surface area contributed by atoms with Gasteiger partial charge in [-0.1, -0.05) is 29.8 Å². The Morgan fingerprint density at radius 1 is 1.15 bits per heavy atom. The summed E-state index contributed by atoms with van der Waals surface area (Å²) in [6, 6.07) is 10.1. The van der Waals surface area contributed by atoms with Crippen LogP contribution in [0, 0.1) is 5.92 Å². The van der Waals surface area contributed by atoms with Gasteiger partial charge in [-0.05, 0) is 25.0 Å². The van der Waals surface area contributed by atoms with Crippen LogP contribution in [-0.4, -0.2) is 39.6 Å². The Morgan fingerprint density at radius 2 is 1.85 bits per heavy atom. The smallest absolute Gasteiger partial charge is 0.267 e. The summed E-state index contributed by atoms with van der Waals surface area (Å²) in [4.78, 5) is 37.4. The zero-order valence-corrected chi connectivity index (χ0v) is 14.9. The molecule has 8 heteroatoms. The lowest BCUT2D eigenvalue weighted by molar-refractivity contribution is -0.135. The normalized spacial score (nSPS) is 15.0. The van der Waals surface area contributed by atoms with Crippen molar-refractivity contribution in [2.24, 2.45) is 11.7 Å². The van der Waals surface area contributed by atoms with Gasteiger partial charge < -0.3 is 10.6 Å². The van der Waals surface area contributed by atoms with Crippen molar-refractivity contribution in [1.29, 1.82) is 0 Å². The van der Waals surface area contributed by atoms with E-state index >= 15 is 0 Å². The second-order valence-electron chi connectivity index (χ2n) is 6.25. The van der Waals surface area contributed by atoms with Crippen molar-refractivity contribution in [1.82, 2.24) is 14.7 Å². The Hall–Kier alpha value is -2.67. The molecule has 0 unspecified atom stereocenters. The molecule has 26 heavy (non-hydrogen) atoms. The summed E-state index contributed by atoms with van der Waals surface area (Å²) < 4.78 is 1.14. The Kier molecular flexibility index (Phi) is 5.37. The number of likely N-dealkylation sites (tertiary alicyclic amines) is 1. The number of benzene rings is 1. The Labute approximate surface area is 155 Å². The Morgan fingerprint density at radius 3 is 2.50 bits per heavy atom. The second kappa shape index (κ2) is 7.70. The molecule has 7 nitrogen and oxygen atoms in total. The lowest BCUT2D eigenvalue weighted by Crippen LogP contribution is -2.44. The molecule has 1 aromatic carbocycles. The fourth-order valence-electron chi connectivity index (χ4n) is 3.02. The van der Waals surface area contributed by atoms with Gasteiger partial charge in [-0.2, -0.15) is 5.10 Å². The van der Waals surface area contributed by atoms with Crippen LogP contribution < -0.4 is 11.3 Å². The van der Waals surface area contributed by atoms with E-state index in [1.165, 1.54) is 6.07 Å². The fourth-order valence-corrected chi connectivity index (χ4v) is 3.25. The lowest BCUT2D eigenvalue weighted by Gasteiger charge is -2.30. The summed E-state index contributed by atoms with van der Waals surface area (Å²) in [5, 5.41) is 4.80. The van der Waals surface area contributed by atoms with Crippen LogP contribution in [0.3, 0.4) is 0 Å². The number of hydrogen-bond donors (Lipinski definition) is 1. The number of hydrogen-bond acceptors (Lipinski definition) is 4. The maximum atomic E-state index is 12.5. The van der Waals surface area contributed by atoms with Gasteiger partial charge >= 0.3 is 0 Å². The first-order valence-electron chi connectivity index (χ1n) is 8.36. The van der Waals surface area contributed by atoms with Crippen LogP contribution in [0.1, 0.15) is 12.8 Å². The number of nitrogens with zero attached hydrogens (tertiary/aromatic N) is 3. The number of halogens is 1. The molecule has 0 radical (unpaired) electrons. The van der Waals surface area contributed by atoms with E-state index in [2.05, 4.69) is 5.10 Å². The highest BCUT2D eigenvalue weighted by molar-refractivity contribution is 6.33. The SMILES string of the molecule is NC(=O)C1CCN(C(=O)Cn2nc(-c3ccccc3Cl)ccc2=O)CC1. The van der Waals surface area contributed by atoms with Gasteiger partial charge in [0.1, 0.15) is 6.54 Å². The summed E-state index contributed by atoms with van der Waals surface area (Å²) in [5.74, 6) is -0.732. The number of primary amides is 1. The topological polar surface area (TPSA) is 98.3 Å². The van der Waals surface area contributed by atoms with Crippen molar-refractivity contribution in [3.05, 3.63) is 51.8 Å². The van der Waals surface area contributed by atoms with E-state index in [4.69, 9.17) is 17.3 Å². The highest BCUT2D eigenvalue weighted by Crippen LogP contribution is 2.25. The van der Waals surface area contributed by atoms with Gasteiger partial charge in [0.05, 0.1) is 10.7 Å². The van der Waals surface area contributed by atoms with Crippen molar-refractivity contribution in [3.8, 4) is 11.3 Å². The summed E-state index contributed by atoms with van der Waals surface area (Å²) in [5.41, 5.74) is 6.16. The van der Waals surface area contributed by atoms with Crippen LogP contribution in [0.2, 0.25) is 5.02 Å². The molecular weight excluding hydrogens is 356 g/mol. The number of amides is 2. The molecule has 0 saturated carbocycles. The third kappa shape index (κ3) is 3.94. The predicted octanol–water partition coefficient (Wildman–Crippen LogP) is 1.29. The van der Waals surface area contributed by atoms with Crippen LogP contribution >= 0.6 is 11.6 Å². The molecule has 0 atom stereocenters. The molecule has 2 N–H and O–H groups in total. The van der Waals surface area contributed by atoms with E-state index in [1.807, 2.05) is 6.07 Å². The summed E-state index contributed by atoms with van der Waals surface area (Å²) in [6.07, 6.45) is 1.09. The van der Waals surface area contributed by atoms with Crippen molar-refractivity contribution < 1.29 is 9.59 Å². The molecule has 0 aliphatic carbocycles. The van der Waals surface area contributed by atoms with Gasteiger partial charge in [-0.15, -0.1) is 0 Å².